The number of rotatable bonds is 2. The van der Waals surface area contributed by atoms with Crippen molar-refractivity contribution in [3.8, 4) is 0 Å². The van der Waals surface area contributed by atoms with Gasteiger partial charge in [-0.15, -0.1) is 0 Å². The van der Waals surface area contributed by atoms with E-state index in [0.29, 0.717) is 18.7 Å². The van der Waals surface area contributed by atoms with E-state index in [2.05, 4.69) is 9.99 Å². The maximum Gasteiger partial charge on any atom is 0.425 e. The lowest BCUT2D eigenvalue weighted by molar-refractivity contribution is -0.174. The zero-order chi connectivity index (χ0) is 9.73. The molecule has 13 heavy (non-hydrogen) atoms. The van der Waals surface area contributed by atoms with E-state index >= 15 is 0 Å². The first-order valence-corrected chi connectivity index (χ1v) is 3.90. The summed E-state index contributed by atoms with van der Waals surface area (Å²) in [5.41, 5.74) is 0.538. The lowest BCUT2D eigenvalue weighted by Gasteiger charge is -2.13. The minimum atomic E-state index is -4.32. The molecule has 0 bridgehead atoms. The van der Waals surface area contributed by atoms with Gasteiger partial charge < -0.3 is 9.57 Å². The second-order valence-electron chi connectivity index (χ2n) is 2.70. The van der Waals surface area contributed by atoms with Crippen molar-refractivity contribution < 1.29 is 22.7 Å². The molecular formula is C7H10F3NO2. The Morgan fingerprint density at radius 1 is 1.46 bits per heavy atom. The minimum absolute atomic E-state index is 0.276. The smallest absolute Gasteiger partial charge is 0.386 e. The van der Waals surface area contributed by atoms with Gasteiger partial charge in [0.15, 0.2) is 0 Å². The monoisotopic (exact) mass is 197 g/mol. The van der Waals surface area contributed by atoms with Crippen LogP contribution in [0.1, 0.15) is 12.8 Å². The van der Waals surface area contributed by atoms with E-state index in [9.17, 15) is 13.2 Å². The minimum Gasteiger partial charge on any atom is -0.386 e. The van der Waals surface area contributed by atoms with Crippen LogP contribution in [0.4, 0.5) is 13.2 Å². The van der Waals surface area contributed by atoms with E-state index in [1.807, 2.05) is 0 Å². The first-order valence-electron chi connectivity index (χ1n) is 3.90. The Bertz CT molecular complexity index is 183. The third-order valence-electron chi connectivity index (χ3n) is 1.44. The molecule has 0 unspecified atom stereocenters. The highest BCUT2D eigenvalue weighted by atomic mass is 19.4. The van der Waals surface area contributed by atoms with Gasteiger partial charge in [0.25, 0.3) is 0 Å². The molecule has 1 aliphatic heterocycles. The molecule has 0 aromatic rings. The number of halogens is 3. The second-order valence-corrected chi connectivity index (χ2v) is 2.70. The summed E-state index contributed by atoms with van der Waals surface area (Å²) in [7, 11) is 0. The Labute approximate surface area is 73.5 Å². The van der Waals surface area contributed by atoms with Gasteiger partial charge in [-0.05, 0) is 12.8 Å². The summed E-state index contributed by atoms with van der Waals surface area (Å²) >= 11 is 0. The Balaban J connectivity index is 2.22. The molecule has 1 saturated heterocycles. The van der Waals surface area contributed by atoms with Crippen LogP contribution in [0.15, 0.2) is 5.16 Å². The van der Waals surface area contributed by atoms with E-state index in [0.717, 1.165) is 6.42 Å². The molecule has 1 aliphatic rings. The molecule has 1 heterocycles. The van der Waals surface area contributed by atoms with Crippen molar-refractivity contribution >= 4 is 5.71 Å². The molecule has 76 valence electrons. The highest BCUT2D eigenvalue weighted by molar-refractivity contribution is 5.85. The summed E-state index contributed by atoms with van der Waals surface area (Å²) in [5, 5.41) is 3.34. The normalized spacial score (nSPS) is 21.9. The largest absolute Gasteiger partial charge is 0.425 e. The molecule has 0 N–H and O–H groups in total. The van der Waals surface area contributed by atoms with Crippen molar-refractivity contribution in [2.24, 2.45) is 5.16 Å². The molecule has 0 spiro atoms. The summed E-state index contributed by atoms with van der Waals surface area (Å²) in [6.07, 6.45) is -2.88. The van der Waals surface area contributed by atoms with Crippen LogP contribution in [0.5, 0.6) is 0 Å². The van der Waals surface area contributed by atoms with Gasteiger partial charge in [-0.3, -0.25) is 0 Å². The Morgan fingerprint density at radius 3 is 2.77 bits per heavy atom. The average Bonchev–Trinajstić information content (AvgIpc) is 2.04. The summed E-state index contributed by atoms with van der Waals surface area (Å²) in [6.45, 7) is -0.424. The maximum absolute atomic E-state index is 11.6. The Hall–Kier alpha value is -0.780. The first kappa shape index (κ1) is 10.3. The standard InChI is InChI=1S/C7H10F3NO2/c8-7(9,10)5-13-11-6-2-1-3-12-4-6/h1-5H2/b11-6+. The highest BCUT2D eigenvalue weighted by Crippen LogP contribution is 2.14. The summed E-state index contributed by atoms with van der Waals surface area (Å²) in [5.74, 6) is 0. The molecule has 1 rings (SSSR count). The summed E-state index contributed by atoms with van der Waals surface area (Å²) < 4.78 is 39.7. The Kier molecular flexibility index (Phi) is 3.53. The van der Waals surface area contributed by atoms with Crippen molar-refractivity contribution in [1.82, 2.24) is 0 Å². The zero-order valence-corrected chi connectivity index (χ0v) is 6.93. The van der Waals surface area contributed by atoms with Crippen molar-refractivity contribution in [3.05, 3.63) is 0 Å². The van der Waals surface area contributed by atoms with E-state index in [1.165, 1.54) is 0 Å². The van der Waals surface area contributed by atoms with Gasteiger partial charge in [-0.1, -0.05) is 5.16 Å². The van der Waals surface area contributed by atoms with Gasteiger partial charge in [0, 0.05) is 6.61 Å². The van der Waals surface area contributed by atoms with E-state index in [4.69, 9.17) is 4.74 Å². The van der Waals surface area contributed by atoms with Crippen LogP contribution < -0.4 is 0 Å². The van der Waals surface area contributed by atoms with Crippen LogP contribution in [0.2, 0.25) is 0 Å². The van der Waals surface area contributed by atoms with Crippen molar-refractivity contribution in [2.45, 2.75) is 19.0 Å². The molecule has 0 aliphatic carbocycles. The second kappa shape index (κ2) is 4.45. The molecule has 1 fully saturated rings. The summed E-state index contributed by atoms with van der Waals surface area (Å²) in [6, 6.07) is 0. The molecule has 0 amide bonds. The molecule has 0 aromatic heterocycles. The molecule has 0 radical (unpaired) electrons. The third-order valence-corrected chi connectivity index (χ3v) is 1.44. The predicted octanol–water partition coefficient (Wildman–Crippen LogP) is 1.73. The zero-order valence-electron chi connectivity index (χ0n) is 6.93. The number of hydrogen-bond acceptors (Lipinski definition) is 3. The van der Waals surface area contributed by atoms with Gasteiger partial charge in [0.1, 0.15) is 0 Å². The number of hydrogen-bond donors (Lipinski definition) is 0. The number of alkyl halides is 3. The third kappa shape index (κ3) is 4.72. The maximum atomic E-state index is 11.6. The topological polar surface area (TPSA) is 30.8 Å². The van der Waals surface area contributed by atoms with Gasteiger partial charge in [-0.2, -0.15) is 13.2 Å². The average molecular weight is 197 g/mol. The lowest BCUT2D eigenvalue weighted by Crippen LogP contribution is -2.19. The van der Waals surface area contributed by atoms with Gasteiger partial charge in [0.05, 0.1) is 12.3 Å². The van der Waals surface area contributed by atoms with Crippen LogP contribution in [-0.2, 0) is 9.57 Å². The molecule has 0 saturated carbocycles. The molecule has 3 nitrogen and oxygen atoms in total. The van der Waals surface area contributed by atoms with Crippen LogP contribution in [-0.4, -0.2) is 31.7 Å². The number of ether oxygens (including phenoxy) is 1. The number of oxime groups is 1. The predicted molar refractivity (Wildman–Crippen MR) is 39.5 cm³/mol. The van der Waals surface area contributed by atoms with Crippen molar-refractivity contribution in [3.63, 3.8) is 0 Å². The van der Waals surface area contributed by atoms with E-state index in [-0.39, 0.29) is 6.61 Å². The number of nitrogens with zero attached hydrogens (tertiary/aromatic N) is 1. The molecule has 0 atom stereocenters. The lowest BCUT2D eigenvalue weighted by atomic mass is 10.2. The Morgan fingerprint density at radius 2 is 2.23 bits per heavy atom. The SMILES string of the molecule is FC(F)(F)CO/N=C1\CCCOC1. The van der Waals surface area contributed by atoms with Gasteiger partial charge in [-0.25, -0.2) is 0 Å². The summed E-state index contributed by atoms with van der Waals surface area (Å²) in [4.78, 5) is 4.12. The van der Waals surface area contributed by atoms with E-state index < -0.39 is 12.8 Å². The van der Waals surface area contributed by atoms with Crippen LogP contribution in [0.25, 0.3) is 0 Å². The fourth-order valence-electron chi connectivity index (χ4n) is 0.909. The van der Waals surface area contributed by atoms with Crippen molar-refractivity contribution in [1.29, 1.82) is 0 Å². The molecule has 0 aromatic carbocycles. The molecular weight excluding hydrogens is 187 g/mol. The fraction of sp³-hybridized carbons (Fsp3) is 0.857. The highest BCUT2D eigenvalue weighted by Gasteiger charge is 2.28. The fourth-order valence-corrected chi connectivity index (χ4v) is 0.909. The van der Waals surface area contributed by atoms with Crippen molar-refractivity contribution in [2.75, 3.05) is 19.8 Å². The van der Waals surface area contributed by atoms with Crippen LogP contribution in [0.3, 0.4) is 0 Å². The van der Waals surface area contributed by atoms with Crippen LogP contribution in [0, 0.1) is 0 Å². The van der Waals surface area contributed by atoms with Gasteiger partial charge in [0.2, 0.25) is 6.61 Å². The van der Waals surface area contributed by atoms with Gasteiger partial charge >= 0.3 is 6.18 Å². The van der Waals surface area contributed by atoms with Crippen LogP contribution >= 0.6 is 0 Å². The van der Waals surface area contributed by atoms with E-state index in [1.54, 1.807) is 0 Å². The first-order chi connectivity index (χ1) is 6.08. The quantitative estimate of drug-likeness (QED) is 0.631. The molecule has 6 heteroatoms.